The SMILES string of the molecule is C[C@]12CC/C(=N/O)C=C1CCC1C2[C@@H](O)C[C@]2(C)/C(=N/O)CCC12. The van der Waals surface area contributed by atoms with Crippen molar-refractivity contribution in [3.63, 3.8) is 0 Å². The molecule has 0 saturated heterocycles. The molecule has 0 spiro atoms. The summed E-state index contributed by atoms with van der Waals surface area (Å²) in [5.74, 6) is 1.24. The summed E-state index contributed by atoms with van der Waals surface area (Å²) in [5, 5.41) is 36.6. The molecule has 4 rings (SSSR count). The number of nitrogens with zero attached hydrogens (tertiary/aromatic N) is 2. The van der Waals surface area contributed by atoms with E-state index >= 15 is 0 Å². The van der Waals surface area contributed by atoms with E-state index in [1.165, 1.54) is 5.57 Å². The van der Waals surface area contributed by atoms with E-state index in [0.717, 1.165) is 49.9 Å². The van der Waals surface area contributed by atoms with Crippen molar-refractivity contribution in [1.82, 2.24) is 0 Å². The Morgan fingerprint density at radius 1 is 1.04 bits per heavy atom. The molecule has 5 nitrogen and oxygen atoms in total. The van der Waals surface area contributed by atoms with Crippen LogP contribution >= 0.6 is 0 Å². The second-order valence-electron chi connectivity index (χ2n) is 8.79. The van der Waals surface area contributed by atoms with Gasteiger partial charge in [0.2, 0.25) is 0 Å². The third-order valence-electron chi connectivity index (χ3n) is 7.90. The van der Waals surface area contributed by atoms with E-state index in [4.69, 9.17) is 5.21 Å². The normalized spacial score (nSPS) is 51.0. The fourth-order valence-corrected chi connectivity index (χ4v) is 6.73. The molecule has 0 radical (unpaired) electrons. The van der Waals surface area contributed by atoms with Crippen molar-refractivity contribution >= 4 is 11.4 Å². The maximum Gasteiger partial charge on any atom is 0.0795 e. The smallest absolute Gasteiger partial charge is 0.0795 e. The van der Waals surface area contributed by atoms with Gasteiger partial charge in [0.15, 0.2) is 0 Å². The molecule has 0 aromatic rings. The quantitative estimate of drug-likeness (QED) is 0.468. The minimum absolute atomic E-state index is 0.00301. The molecule has 0 amide bonds. The van der Waals surface area contributed by atoms with Crippen molar-refractivity contribution in [2.75, 3.05) is 0 Å². The van der Waals surface area contributed by atoms with Gasteiger partial charge in [-0.15, -0.1) is 0 Å². The third kappa shape index (κ3) is 1.97. The number of rotatable bonds is 0. The van der Waals surface area contributed by atoms with Crippen molar-refractivity contribution in [3.05, 3.63) is 11.6 Å². The van der Waals surface area contributed by atoms with Gasteiger partial charge >= 0.3 is 0 Å². The molecule has 0 aromatic carbocycles. The molecule has 6 atom stereocenters. The molecule has 3 unspecified atom stereocenters. The van der Waals surface area contributed by atoms with E-state index in [1.807, 2.05) is 0 Å². The Labute approximate surface area is 143 Å². The standard InChI is InChI=1S/C19H28N2O3/c1-18-8-7-12(20-23)9-11(18)3-4-13-14-5-6-16(21-24)19(14,2)10-15(22)17(13)18/h9,13-15,17,22-24H,3-8,10H2,1-2H3/b20-12-,21-16+/t13?,14?,15-,17?,18-,19-/m0/s1. The Hall–Kier alpha value is -1.36. The number of hydrogen-bond donors (Lipinski definition) is 3. The van der Waals surface area contributed by atoms with Crippen LogP contribution in [0.4, 0.5) is 0 Å². The molecular weight excluding hydrogens is 304 g/mol. The van der Waals surface area contributed by atoms with Crippen LogP contribution in [0.25, 0.3) is 0 Å². The van der Waals surface area contributed by atoms with Crippen molar-refractivity contribution in [2.45, 2.75) is 64.9 Å². The lowest BCUT2D eigenvalue weighted by molar-refractivity contribution is -0.103. The molecular formula is C19H28N2O3. The molecule has 0 bridgehead atoms. The first-order chi connectivity index (χ1) is 11.4. The maximum atomic E-state index is 11.1. The average molecular weight is 332 g/mol. The number of fused-ring (bicyclic) bond motifs is 5. The fraction of sp³-hybridized carbons (Fsp3) is 0.789. The van der Waals surface area contributed by atoms with Gasteiger partial charge in [0, 0.05) is 5.41 Å². The van der Waals surface area contributed by atoms with E-state index in [1.54, 1.807) is 0 Å². The highest BCUT2D eigenvalue weighted by Gasteiger charge is 2.61. The predicted octanol–water partition coefficient (Wildman–Crippen LogP) is 3.58. The number of aliphatic hydroxyl groups is 1. The van der Waals surface area contributed by atoms with Crippen LogP contribution in [0.5, 0.6) is 0 Å². The van der Waals surface area contributed by atoms with Gasteiger partial charge in [0.1, 0.15) is 0 Å². The summed E-state index contributed by atoms with van der Waals surface area (Å²) in [6, 6.07) is 0. The summed E-state index contributed by atoms with van der Waals surface area (Å²) >= 11 is 0. The molecule has 0 aromatic heterocycles. The summed E-state index contributed by atoms with van der Waals surface area (Å²) < 4.78 is 0. The van der Waals surface area contributed by atoms with E-state index in [2.05, 4.69) is 30.2 Å². The first-order valence-electron chi connectivity index (χ1n) is 9.25. The zero-order chi connectivity index (χ0) is 17.1. The Morgan fingerprint density at radius 2 is 1.83 bits per heavy atom. The lowest BCUT2D eigenvalue weighted by atomic mass is 9.46. The minimum Gasteiger partial charge on any atom is -0.411 e. The molecule has 3 N–H and O–H groups in total. The summed E-state index contributed by atoms with van der Waals surface area (Å²) in [4.78, 5) is 0. The second kappa shape index (κ2) is 5.32. The summed E-state index contributed by atoms with van der Waals surface area (Å²) in [6.45, 7) is 4.48. The van der Waals surface area contributed by atoms with Crippen LogP contribution in [0, 0.1) is 28.6 Å². The number of allylic oxidation sites excluding steroid dienone is 2. The summed E-state index contributed by atoms with van der Waals surface area (Å²) in [6.07, 6.45) is 8.13. The Morgan fingerprint density at radius 3 is 2.54 bits per heavy atom. The Balaban J connectivity index is 1.73. The number of hydrogen-bond acceptors (Lipinski definition) is 5. The molecule has 0 heterocycles. The van der Waals surface area contributed by atoms with Crippen LogP contribution in [0.2, 0.25) is 0 Å². The lowest BCUT2D eigenvalue weighted by Gasteiger charge is -2.59. The maximum absolute atomic E-state index is 11.1. The highest BCUT2D eigenvalue weighted by atomic mass is 16.4. The van der Waals surface area contributed by atoms with E-state index in [0.29, 0.717) is 18.3 Å². The van der Waals surface area contributed by atoms with Gasteiger partial charge in [-0.25, -0.2) is 0 Å². The molecule has 0 aliphatic heterocycles. The molecule has 3 saturated carbocycles. The van der Waals surface area contributed by atoms with Crippen molar-refractivity contribution < 1.29 is 15.5 Å². The molecule has 132 valence electrons. The monoisotopic (exact) mass is 332 g/mol. The van der Waals surface area contributed by atoms with Crippen molar-refractivity contribution in [1.29, 1.82) is 0 Å². The van der Waals surface area contributed by atoms with Gasteiger partial charge in [-0.2, -0.15) is 0 Å². The van der Waals surface area contributed by atoms with Crippen LogP contribution in [0.1, 0.15) is 58.8 Å². The largest absolute Gasteiger partial charge is 0.411 e. The summed E-state index contributed by atoms with van der Waals surface area (Å²) in [7, 11) is 0. The summed E-state index contributed by atoms with van der Waals surface area (Å²) in [5.41, 5.74) is 2.84. The Bertz CT molecular complexity index is 641. The van der Waals surface area contributed by atoms with Gasteiger partial charge in [0.25, 0.3) is 0 Å². The zero-order valence-electron chi connectivity index (χ0n) is 14.6. The minimum atomic E-state index is -0.368. The third-order valence-corrected chi connectivity index (χ3v) is 7.90. The van der Waals surface area contributed by atoms with Gasteiger partial charge in [-0.3, -0.25) is 0 Å². The molecule has 5 heteroatoms. The molecule has 4 aliphatic carbocycles. The van der Waals surface area contributed by atoms with Crippen LogP contribution in [-0.4, -0.2) is 33.0 Å². The van der Waals surface area contributed by atoms with E-state index in [9.17, 15) is 10.3 Å². The van der Waals surface area contributed by atoms with Crippen LogP contribution < -0.4 is 0 Å². The van der Waals surface area contributed by atoms with Gasteiger partial charge in [0.05, 0.1) is 17.5 Å². The van der Waals surface area contributed by atoms with Crippen molar-refractivity contribution in [2.24, 2.45) is 38.9 Å². The highest BCUT2D eigenvalue weighted by Crippen LogP contribution is 2.64. The molecule has 4 aliphatic rings. The number of oxime groups is 2. The zero-order valence-corrected chi connectivity index (χ0v) is 14.6. The lowest BCUT2D eigenvalue weighted by Crippen LogP contribution is -2.56. The number of aliphatic hydroxyl groups excluding tert-OH is 1. The van der Waals surface area contributed by atoms with Gasteiger partial charge in [-0.1, -0.05) is 29.7 Å². The topological polar surface area (TPSA) is 85.4 Å². The van der Waals surface area contributed by atoms with E-state index < -0.39 is 0 Å². The first-order valence-corrected chi connectivity index (χ1v) is 9.25. The van der Waals surface area contributed by atoms with Crippen LogP contribution in [0.15, 0.2) is 22.0 Å². The predicted molar refractivity (Wildman–Crippen MR) is 91.5 cm³/mol. The van der Waals surface area contributed by atoms with Crippen LogP contribution in [0.3, 0.4) is 0 Å². The molecule has 24 heavy (non-hydrogen) atoms. The second-order valence-corrected chi connectivity index (χ2v) is 8.79. The van der Waals surface area contributed by atoms with Gasteiger partial charge in [-0.05, 0) is 74.2 Å². The first kappa shape index (κ1) is 16.1. The molecule has 3 fully saturated rings. The Kier molecular flexibility index (Phi) is 3.57. The average Bonchev–Trinajstić information content (AvgIpc) is 2.89. The highest BCUT2D eigenvalue weighted by molar-refractivity contribution is 5.96. The van der Waals surface area contributed by atoms with E-state index in [-0.39, 0.29) is 22.9 Å². The fourth-order valence-electron chi connectivity index (χ4n) is 6.73. The van der Waals surface area contributed by atoms with Crippen molar-refractivity contribution in [3.8, 4) is 0 Å². The van der Waals surface area contributed by atoms with Gasteiger partial charge < -0.3 is 15.5 Å². The van der Waals surface area contributed by atoms with Crippen LogP contribution in [-0.2, 0) is 0 Å².